The zero-order valence-electron chi connectivity index (χ0n) is 15.8. The van der Waals surface area contributed by atoms with Gasteiger partial charge < -0.3 is 10.1 Å². The Morgan fingerprint density at radius 1 is 1.17 bits per heavy atom. The van der Waals surface area contributed by atoms with Gasteiger partial charge in [-0.1, -0.05) is 6.07 Å². The van der Waals surface area contributed by atoms with E-state index in [0.29, 0.717) is 15.8 Å². The second-order valence-corrected chi connectivity index (χ2v) is 9.73. The maximum absolute atomic E-state index is 13.0. The molecule has 0 bridgehead atoms. The number of carbonyl (C=O) groups excluding carboxylic acids is 1. The van der Waals surface area contributed by atoms with Crippen molar-refractivity contribution in [3.8, 4) is 5.75 Å². The van der Waals surface area contributed by atoms with Crippen LogP contribution in [0.2, 0.25) is 0 Å². The first-order chi connectivity index (χ1) is 13.7. The Labute approximate surface area is 181 Å². The lowest BCUT2D eigenvalue weighted by Gasteiger charge is -2.14. The first-order valence-electron chi connectivity index (χ1n) is 8.40. The van der Waals surface area contributed by atoms with Crippen molar-refractivity contribution in [3.05, 3.63) is 62.5 Å². The van der Waals surface area contributed by atoms with Crippen LogP contribution < -0.4 is 14.8 Å². The van der Waals surface area contributed by atoms with Gasteiger partial charge in [-0.2, -0.15) is 0 Å². The van der Waals surface area contributed by atoms with Crippen LogP contribution >= 0.6 is 27.3 Å². The maximum Gasteiger partial charge on any atom is 0.275 e. The molecule has 0 aliphatic rings. The van der Waals surface area contributed by atoms with E-state index in [-0.39, 0.29) is 16.3 Å². The molecule has 7 nitrogen and oxygen atoms in total. The molecule has 1 aromatic heterocycles. The van der Waals surface area contributed by atoms with Gasteiger partial charge in [-0.25, -0.2) is 13.4 Å². The number of rotatable bonds is 6. The van der Waals surface area contributed by atoms with Crippen LogP contribution in [0.5, 0.6) is 5.75 Å². The molecule has 152 valence electrons. The van der Waals surface area contributed by atoms with Gasteiger partial charge in [-0.05, 0) is 65.7 Å². The molecule has 3 rings (SSSR count). The molecule has 2 aromatic carbocycles. The molecule has 1 amide bonds. The Morgan fingerprint density at radius 3 is 2.59 bits per heavy atom. The number of hydrogen-bond donors (Lipinski definition) is 2. The smallest absolute Gasteiger partial charge is 0.275 e. The van der Waals surface area contributed by atoms with Crippen molar-refractivity contribution in [1.29, 1.82) is 0 Å². The molecule has 0 unspecified atom stereocenters. The Hall–Kier alpha value is -2.43. The maximum atomic E-state index is 13.0. The summed E-state index contributed by atoms with van der Waals surface area (Å²) in [5, 5.41) is 5.07. The quantitative estimate of drug-likeness (QED) is 0.521. The molecule has 0 aliphatic carbocycles. The van der Waals surface area contributed by atoms with Crippen molar-refractivity contribution in [2.45, 2.75) is 18.7 Å². The number of benzene rings is 2. The molecule has 2 N–H and O–H groups in total. The molecule has 0 aliphatic heterocycles. The van der Waals surface area contributed by atoms with E-state index in [0.717, 1.165) is 10.6 Å². The lowest BCUT2D eigenvalue weighted by atomic mass is 10.2. The van der Waals surface area contributed by atoms with Crippen molar-refractivity contribution in [1.82, 2.24) is 4.98 Å². The number of anilines is 2. The summed E-state index contributed by atoms with van der Waals surface area (Å²) >= 11 is 4.70. The zero-order valence-corrected chi connectivity index (χ0v) is 19.0. The van der Waals surface area contributed by atoms with Crippen molar-refractivity contribution in [3.63, 3.8) is 0 Å². The number of aryl methyl sites for hydroxylation is 2. The summed E-state index contributed by atoms with van der Waals surface area (Å²) in [6.45, 7) is 3.66. The third-order valence-corrected chi connectivity index (χ3v) is 6.78. The van der Waals surface area contributed by atoms with Crippen molar-refractivity contribution < 1.29 is 17.9 Å². The van der Waals surface area contributed by atoms with Gasteiger partial charge in [0.25, 0.3) is 15.9 Å². The zero-order chi connectivity index (χ0) is 21.2. The van der Waals surface area contributed by atoms with Gasteiger partial charge in [0.1, 0.15) is 16.3 Å². The highest BCUT2D eigenvalue weighted by Gasteiger charge is 2.22. The minimum atomic E-state index is -3.98. The summed E-state index contributed by atoms with van der Waals surface area (Å²) in [4.78, 5) is 16.4. The van der Waals surface area contributed by atoms with Crippen LogP contribution in [-0.4, -0.2) is 26.4 Å². The fourth-order valence-corrected chi connectivity index (χ4v) is 4.88. The number of sulfonamides is 1. The van der Waals surface area contributed by atoms with Crippen LogP contribution in [0.4, 0.5) is 11.4 Å². The Morgan fingerprint density at radius 2 is 1.93 bits per heavy atom. The lowest BCUT2D eigenvalue weighted by molar-refractivity contribution is 0.102. The van der Waals surface area contributed by atoms with Gasteiger partial charge in [0.05, 0.1) is 17.8 Å². The number of aromatic nitrogens is 1. The van der Waals surface area contributed by atoms with Crippen LogP contribution in [0, 0.1) is 13.8 Å². The molecule has 0 saturated heterocycles. The Kier molecular flexibility index (Phi) is 6.25. The number of nitrogens with one attached hydrogen (secondary N) is 2. The molecular formula is C19H18BrN3O4S2. The lowest BCUT2D eigenvalue weighted by Crippen LogP contribution is -2.16. The van der Waals surface area contributed by atoms with Gasteiger partial charge >= 0.3 is 0 Å². The number of ether oxygens (including phenoxy) is 1. The van der Waals surface area contributed by atoms with Crippen LogP contribution in [0.25, 0.3) is 0 Å². The third-order valence-electron chi connectivity index (χ3n) is 3.93. The van der Waals surface area contributed by atoms with E-state index in [1.165, 1.54) is 30.6 Å². The topological polar surface area (TPSA) is 97.4 Å². The number of hydrogen-bond acceptors (Lipinski definition) is 6. The van der Waals surface area contributed by atoms with Gasteiger partial charge in [0.2, 0.25) is 0 Å². The summed E-state index contributed by atoms with van der Waals surface area (Å²) in [6, 6.07) is 9.74. The summed E-state index contributed by atoms with van der Waals surface area (Å²) in [7, 11) is -2.60. The monoisotopic (exact) mass is 495 g/mol. The van der Waals surface area contributed by atoms with Crippen LogP contribution in [0.1, 0.15) is 21.1 Å². The average molecular weight is 496 g/mol. The van der Waals surface area contributed by atoms with Gasteiger partial charge in [-0.3, -0.25) is 9.52 Å². The SMILES string of the molecule is COc1ccc(NC(=O)c2csc(C)n2)cc1S(=O)(=O)Nc1cc(C)ccc1Br. The first-order valence-corrected chi connectivity index (χ1v) is 11.6. The second-order valence-electron chi connectivity index (χ2n) is 6.16. The summed E-state index contributed by atoms with van der Waals surface area (Å²) < 4.78 is 34.4. The highest BCUT2D eigenvalue weighted by molar-refractivity contribution is 9.10. The average Bonchev–Trinajstić information content (AvgIpc) is 3.11. The molecule has 0 spiro atoms. The van der Waals surface area contributed by atoms with E-state index < -0.39 is 15.9 Å². The molecule has 0 radical (unpaired) electrons. The van der Waals surface area contributed by atoms with Crippen LogP contribution in [0.15, 0.2) is 51.1 Å². The minimum absolute atomic E-state index is 0.0966. The Balaban J connectivity index is 1.93. The largest absolute Gasteiger partial charge is 0.495 e. The molecule has 0 fully saturated rings. The van der Waals surface area contributed by atoms with Crippen molar-refractivity contribution in [2.24, 2.45) is 0 Å². The van der Waals surface area contributed by atoms with Gasteiger partial charge in [0, 0.05) is 15.5 Å². The summed E-state index contributed by atoms with van der Waals surface area (Å²) in [5.41, 5.74) is 1.89. The standard InChI is InChI=1S/C19H18BrN3O4S2/c1-11-4-6-14(20)15(8-11)23-29(25,26)18-9-13(5-7-17(18)27-3)22-19(24)16-10-28-12(2)21-16/h4-10,23H,1-3H3,(H,22,24). The molecule has 29 heavy (non-hydrogen) atoms. The molecule has 1 heterocycles. The van der Waals surface area contributed by atoms with E-state index in [1.54, 1.807) is 30.5 Å². The number of nitrogens with zero attached hydrogens (tertiary/aromatic N) is 1. The predicted molar refractivity (Wildman–Crippen MR) is 117 cm³/mol. The van der Waals surface area contributed by atoms with Crippen molar-refractivity contribution >= 4 is 54.6 Å². The predicted octanol–water partition coefficient (Wildman–Crippen LogP) is 4.58. The van der Waals surface area contributed by atoms with E-state index in [9.17, 15) is 13.2 Å². The van der Waals surface area contributed by atoms with E-state index in [2.05, 4.69) is 31.0 Å². The first kappa shape index (κ1) is 21.3. The number of halogens is 1. The molecular weight excluding hydrogens is 478 g/mol. The summed E-state index contributed by atoms with van der Waals surface area (Å²) in [5.74, 6) is -0.263. The number of thiazole rings is 1. The highest BCUT2D eigenvalue weighted by Crippen LogP contribution is 2.31. The third kappa shape index (κ3) is 4.95. The summed E-state index contributed by atoms with van der Waals surface area (Å²) in [6.07, 6.45) is 0. The van der Waals surface area contributed by atoms with Crippen LogP contribution in [-0.2, 0) is 10.0 Å². The molecule has 3 aromatic rings. The molecule has 10 heteroatoms. The molecule has 0 atom stereocenters. The highest BCUT2D eigenvalue weighted by atomic mass is 79.9. The number of amides is 1. The number of methoxy groups -OCH3 is 1. The van der Waals surface area contributed by atoms with Gasteiger partial charge in [0.15, 0.2) is 0 Å². The van der Waals surface area contributed by atoms with E-state index in [1.807, 2.05) is 13.0 Å². The van der Waals surface area contributed by atoms with E-state index >= 15 is 0 Å². The normalized spacial score (nSPS) is 11.2. The Bertz CT molecular complexity index is 1180. The van der Waals surface area contributed by atoms with Crippen molar-refractivity contribution in [2.75, 3.05) is 17.1 Å². The van der Waals surface area contributed by atoms with Crippen LogP contribution in [0.3, 0.4) is 0 Å². The van der Waals surface area contributed by atoms with Gasteiger partial charge in [-0.15, -0.1) is 11.3 Å². The molecule has 0 saturated carbocycles. The fourth-order valence-electron chi connectivity index (χ4n) is 2.54. The fraction of sp³-hybridized carbons (Fsp3) is 0.158. The minimum Gasteiger partial charge on any atom is -0.495 e. The second kappa shape index (κ2) is 8.52. The van der Waals surface area contributed by atoms with E-state index in [4.69, 9.17) is 4.74 Å². The number of carbonyl (C=O) groups is 1.